The minimum absolute atomic E-state index is 0.509. The number of nitrogens with zero attached hydrogens (tertiary/aromatic N) is 1. The third-order valence-electron chi connectivity index (χ3n) is 4.22. The van der Waals surface area contributed by atoms with Gasteiger partial charge in [0.1, 0.15) is 0 Å². The van der Waals surface area contributed by atoms with Crippen molar-refractivity contribution in [2.45, 2.75) is 13.0 Å². The Morgan fingerprint density at radius 3 is 2.83 bits per heavy atom. The van der Waals surface area contributed by atoms with Crippen molar-refractivity contribution in [1.29, 1.82) is 5.41 Å². The van der Waals surface area contributed by atoms with Gasteiger partial charge in [-0.05, 0) is 34.9 Å². The number of aromatic nitrogens is 1. The molecule has 0 atom stereocenters. The standard InChI is InChI=1S/C19H22ClN3O/c1-14(16-3-2-4-17(20)11-16)19(21)10-15-9-18(22-12-15)13-23-5-7-24-8-6-23/h2-4,9,11-12,21-22H,1,5-8,10,13H2. The summed E-state index contributed by atoms with van der Waals surface area (Å²) < 4.78 is 5.37. The molecule has 2 aromatic rings. The van der Waals surface area contributed by atoms with Crippen LogP contribution in [0.3, 0.4) is 0 Å². The van der Waals surface area contributed by atoms with E-state index >= 15 is 0 Å². The van der Waals surface area contributed by atoms with Crippen LogP contribution in [0.15, 0.2) is 43.1 Å². The summed E-state index contributed by atoms with van der Waals surface area (Å²) in [4.78, 5) is 5.69. The molecule has 4 nitrogen and oxygen atoms in total. The number of rotatable bonds is 6. The normalized spacial score (nSPS) is 15.4. The van der Waals surface area contributed by atoms with E-state index in [2.05, 4.69) is 22.5 Å². The molecule has 126 valence electrons. The van der Waals surface area contributed by atoms with Crippen molar-refractivity contribution in [2.24, 2.45) is 0 Å². The molecule has 24 heavy (non-hydrogen) atoms. The van der Waals surface area contributed by atoms with Crippen molar-refractivity contribution in [3.63, 3.8) is 0 Å². The zero-order chi connectivity index (χ0) is 16.9. The highest BCUT2D eigenvalue weighted by molar-refractivity contribution is 6.31. The van der Waals surface area contributed by atoms with Gasteiger partial charge >= 0.3 is 0 Å². The predicted molar refractivity (Wildman–Crippen MR) is 98.8 cm³/mol. The molecule has 1 fully saturated rings. The van der Waals surface area contributed by atoms with E-state index in [1.807, 2.05) is 30.5 Å². The fraction of sp³-hybridized carbons (Fsp3) is 0.316. The van der Waals surface area contributed by atoms with Gasteiger partial charge in [0, 0.05) is 48.7 Å². The van der Waals surface area contributed by atoms with Crippen LogP contribution in [-0.2, 0) is 17.7 Å². The summed E-state index contributed by atoms with van der Waals surface area (Å²) in [5.74, 6) is 0. The van der Waals surface area contributed by atoms with E-state index in [4.69, 9.17) is 21.7 Å². The Morgan fingerprint density at radius 1 is 1.29 bits per heavy atom. The number of aromatic amines is 1. The third-order valence-corrected chi connectivity index (χ3v) is 4.45. The Bertz CT molecular complexity index is 732. The van der Waals surface area contributed by atoms with Gasteiger partial charge in [0.25, 0.3) is 0 Å². The Hall–Kier alpha value is -1.88. The summed E-state index contributed by atoms with van der Waals surface area (Å²) >= 11 is 6.02. The number of halogens is 1. The van der Waals surface area contributed by atoms with Gasteiger partial charge in [-0.3, -0.25) is 4.90 Å². The Balaban J connectivity index is 1.59. The molecule has 2 heterocycles. The second-order valence-corrected chi connectivity index (χ2v) is 6.50. The van der Waals surface area contributed by atoms with Gasteiger partial charge < -0.3 is 15.1 Å². The Kier molecular flexibility index (Phi) is 5.51. The van der Waals surface area contributed by atoms with Crippen LogP contribution in [0.5, 0.6) is 0 Å². The fourth-order valence-electron chi connectivity index (χ4n) is 2.85. The lowest BCUT2D eigenvalue weighted by Crippen LogP contribution is -2.35. The van der Waals surface area contributed by atoms with E-state index < -0.39 is 0 Å². The number of benzene rings is 1. The molecule has 0 radical (unpaired) electrons. The van der Waals surface area contributed by atoms with Crippen LogP contribution in [-0.4, -0.2) is 41.9 Å². The van der Waals surface area contributed by atoms with Crippen molar-refractivity contribution in [2.75, 3.05) is 26.3 Å². The van der Waals surface area contributed by atoms with Crippen LogP contribution in [0.2, 0.25) is 5.02 Å². The molecule has 1 aliphatic rings. The first-order valence-corrected chi connectivity index (χ1v) is 8.48. The second kappa shape index (κ2) is 7.79. The molecule has 1 aliphatic heterocycles. The second-order valence-electron chi connectivity index (χ2n) is 6.07. The molecule has 5 heteroatoms. The van der Waals surface area contributed by atoms with Crippen LogP contribution in [0, 0.1) is 5.41 Å². The molecule has 0 unspecified atom stereocenters. The molecule has 0 aliphatic carbocycles. The van der Waals surface area contributed by atoms with Crippen LogP contribution < -0.4 is 0 Å². The first-order chi connectivity index (χ1) is 11.6. The summed E-state index contributed by atoms with van der Waals surface area (Å²) in [5.41, 5.74) is 4.40. The summed E-state index contributed by atoms with van der Waals surface area (Å²) in [6.07, 6.45) is 2.54. The molecule has 0 spiro atoms. The minimum atomic E-state index is 0.509. The summed E-state index contributed by atoms with van der Waals surface area (Å²) in [7, 11) is 0. The van der Waals surface area contributed by atoms with E-state index in [-0.39, 0.29) is 0 Å². The molecular formula is C19H22ClN3O. The molecule has 0 saturated carbocycles. The summed E-state index contributed by atoms with van der Waals surface area (Å²) in [6, 6.07) is 9.62. The van der Waals surface area contributed by atoms with Crippen molar-refractivity contribution >= 4 is 22.9 Å². The van der Waals surface area contributed by atoms with Gasteiger partial charge in [-0.1, -0.05) is 30.3 Å². The Morgan fingerprint density at radius 2 is 2.08 bits per heavy atom. The van der Waals surface area contributed by atoms with E-state index in [1.54, 1.807) is 0 Å². The SMILES string of the molecule is C=C(C(=N)Cc1c[nH]c(CN2CCOCC2)c1)c1cccc(Cl)c1. The Labute approximate surface area is 147 Å². The molecule has 1 aromatic heterocycles. The lowest BCUT2D eigenvalue weighted by molar-refractivity contribution is 0.0337. The summed E-state index contributed by atoms with van der Waals surface area (Å²) in [5, 5.41) is 8.98. The fourth-order valence-corrected chi connectivity index (χ4v) is 3.04. The van der Waals surface area contributed by atoms with E-state index in [9.17, 15) is 0 Å². The van der Waals surface area contributed by atoms with Gasteiger partial charge in [-0.15, -0.1) is 0 Å². The highest BCUT2D eigenvalue weighted by Gasteiger charge is 2.13. The molecule has 0 bridgehead atoms. The largest absolute Gasteiger partial charge is 0.379 e. The number of hydrogen-bond acceptors (Lipinski definition) is 3. The number of morpholine rings is 1. The van der Waals surface area contributed by atoms with Gasteiger partial charge in [-0.2, -0.15) is 0 Å². The molecular weight excluding hydrogens is 322 g/mol. The number of H-pyrrole nitrogens is 1. The number of hydrogen-bond donors (Lipinski definition) is 2. The molecule has 0 amide bonds. The van der Waals surface area contributed by atoms with Crippen molar-refractivity contribution in [1.82, 2.24) is 9.88 Å². The molecule has 1 aromatic carbocycles. The minimum Gasteiger partial charge on any atom is -0.379 e. The maximum absolute atomic E-state index is 8.32. The average molecular weight is 344 g/mol. The van der Waals surface area contributed by atoms with Crippen molar-refractivity contribution in [3.8, 4) is 0 Å². The lowest BCUT2D eigenvalue weighted by atomic mass is 9.99. The number of ether oxygens (including phenoxy) is 1. The zero-order valence-corrected chi connectivity index (χ0v) is 14.4. The smallest absolute Gasteiger partial charge is 0.0594 e. The van der Waals surface area contributed by atoms with Crippen LogP contribution >= 0.6 is 11.6 Å². The van der Waals surface area contributed by atoms with Crippen LogP contribution in [0.25, 0.3) is 5.57 Å². The maximum atomic E-state index is 8.32. The van der Waals surface area contributed by atoms with Crippen molar-refractivity contribution < 1.29 is 4.74 Å². The highest BCUT2D eigenvalue weighted by atomic mass is 35.5. The highest BCUT2D eigenvalue weighted by Crippen LogP contribution is 2.20. The molecule has 3 rings (SSSR count). The third kappa shape index (κ3) is 4.35. The molecule has 1 saturated heterocycles. The quantitative estimate of drug-likeness (QED) is 0.784. The predicted octanol–water partition coefficient (Wildman–Crippen LogP) is 3.78. The van der Waals surface area contributed by atoms with E-state index in [0.29, 0.717) is 22.7 Å². The first-order valence-electron chi connectivity index (χ1n) is 8.11. The maximum Gasteiger partial charge on any atom is 0.0594 e. The van der Waals surface area contributed by atoms with E-state index in [1.165, 1.54) is 5.69 Å². The molecule has 2 N–H and O–H groups in total. The van der Waals surface area contributed by atoms with Gasteiger partial charge in [0.05, 0.1) is 13.2 Å². The first kappa shape index (κ1) is 17.0. The van der Waals surface area contributed by atoms with Crippen molar-refractivity contribution in [3.05, 3.63) is 65.0 Å². The van der Waals surface area contributed by atoms with E-state index in [0.717, 1.165) is 44.0 Å². The number of nitrogens with one attached hydrogen (secondary N) is 2. The topological polar surface area (TPSA) is 52.1 Å². The monoisotopic (exact) mass is 343 g/mol. The van der Waals surface area contributed by atoms with Gasteiger partial charge in [0.2, 0.25) is 0 Å². The van der Waals surface area contributed by atoms with Gasteiger partial charge in [0.15, 0.2) is 0 Å². The average Bonchev–Trinajstić information content (AvgIpc) is 3.02. The summed E-state index contributed by atoms with van der Waals surface area (Å²) in [6.45, 7) is 8.48. The lowest BCUT2D eigenvalue weighted by Gasteiger charge is -2.25. The van der Waals surface area contributed by atoms with Crippen LogP contribution in [0.1, 0.15) is 16.8 Å². The zero-order valence-electron chi connectivity index (χ0n) is 13.6. The number of allylic oxidation sites excluding steroid dienone is 1. The van der Waals surface area contributed by atoms with Crippen LogP contribution in [0.4, 0.5) is 0 Å². The van der Waals surface area contributed by atoms with Gasteiger partial charge in [-0.25, -0.2) is 0 Å².